The zero-order chi connectivity index (χ0) is 13.2. The van der Waals surface area contributed by atoms with E-state index in [2.05, 4.69) is 4.98 Å². The van der Waals surface area contributed by atoms with E-state index in [9.17, 15) is 8.42 Å². The van der Waals surface area contributed by atoms with Crippen molar-refractivity contribution in [1.29, 1.82) is 0 Å². The summed E-state index contributed by atoms with van der Waals surface area (Å²) >= 11 is 0. The van der Waals surface area contributed by atoms with Crippen LogP contribution in [0.2, 0.25) is 0 Å². The lowest BCUT2D eigenvalue weighted by molar-refractivity contribution is 0.246. The number of hydrogen-bond donors (Lipinski definition) is 1. The molecule has 1 saturated heterocycles. The number of nitrogens with zero attached hydrogens (tertiary/aromatic N) is 2. The highest BCUT2D eigenvalue weighted by atomic mass is 32.2. The van der Waals surface area contributed by atoms with Crippen molar-refractivity contribution in [2.75, 3.05) is 12.3 Å². The fraction of sp³-hybridized carbons (Fsp3) is 0.583. The van der Waals surface area contributed by atoms with Gasteiger partial charge in [-0.3, -0.25) is 4.98 Å². The van der Waals surface area contributed by atoms with E-state index in [1.165, 1.54) is 18.5 Å². The first-order chi connectivity index (χ1) is 8.57. The molecule has 0 radical (unpaired) electrons. The van der Waals surface area contributed by atoms with E-state index in [-0.39, 0.29) is 16.6 Å². The van der Waals surface area contributed by atoms with Crippen molar-refractivity contribution in [1.82, 2.24) is 9.29 Å². The maximum Gasteiger partial charge on any atom is 0.246 e. The van der Waals surface area contributed by atoms with Gasteiger partial charge in [0.05, 0.1) is 5.69 Å². The molecule has 1 aromatic heterocycles. The van der Waals surface area contributed by atoms with Gasteiger partial charge in [-0.1, -0.05) is 13.3 Å². The average Bonchev–Trinajstić information content (AvgIpc) is 2.39. The first kappa shape index (κ1) is 13.3. The molecule has 2 heterocycles. The predicted octanol–water partition coefficient (Wildman–Crippen LogP) is 1.62. The Morgan fingerprint density at radius 3 is 2.94 bits per heavy atom. The molecule has 0 aromatic carbocycles. The molecule has 5 nitrogen and oxygen atoms in total. The topological polar surface area (TPSA) is 76.3 Å². The monoisotopic (exact) mass is 269 g/mol. The average molecular weight is 269 g/mol. The summed E-state index contributed by atoms with van der Waals surface area (Å²) in [6.07, 6.45) is 6.60. The van der Waals surface area contributed by atoms with Crippen LogP contribution in [0.25, 0.3) is 0 Å². The Bertz CT molecular complexity index is 516. The van der Waals surface area contributed by atoms with Crippen LogP contribution in [0.3, 0.4) is 0 Å². The zero-order valence-electron chi connectivity index (χ0n) is 10.5. The molecule has 0 spiro atoms. The molecule has 0 amide bonds. The molecule has 1 atom stereocenters. The van der Waals surface area contributed by atoms with E-state index >= 15 is 0 Å². The normalized spacial score (nSPS) is 21.9. The molecular formula is C12H19N3O2S. The van der Waals surface area contributed by atoms with Crippen molar-refractivity contribution in [3.05, 3.63) is 18.5 Å². The lowest BCUT2D eigenvalue weighted by Crippen LogP contribution is -2.43. The van der Waals surface area contributed by atoms with Crippen LogP contribution in [-0.2, 0) is 10.0 Å². The minimum atomic E-state index is -3.51. The molecule has 6 heteroatoms. The van der Waals surface area contributed by atoms with Crippen LogP contribution in [0.15, 0.2) is 23.4 Å². The second-order valence-corrected chi connectivity index (χ2v) is 6.45. The molecule has 18 heavy (non-hydrogen) atoms. The van der Waals surface area contributed by atoms with E-state index in [0.717, 1.165) is 25.7 Å². The Labute approximate surface area is 108 Å². The van der Waals surface area contributed by atoms with E-state index in [4.69, 9.17) is 5.73 Å². The van der Waals surface area contributed by atoms with Crippen molar-refractivity contribution >= 4 is 15.7 Å². The fourth-order valence-electron chi connectivity index (χ4n) is 2.43. The number of nitrogens with two attached hydrogens (primary N) is 1. The molecule has 2 rings (SSSR count). The molecule has 1 aromatic rings. The van der Waals surface area contributed by atoms with Gasteiger partial charge in [0.2, 0.25) is 10.0 Å². The van der Waals surface area contributed by atoms with E-state index in [1.807, 2.05) is 6.92 Å². The maximum atomic E-state index is 12.6. The fourth-order valence-corrected chi connectivity index (χ4v) is 4.26. The van der Waals surface area contributed by atoms with Crippen LogP contribution in [0.1, 0.15) is 32.6 Å². The lowest BCUT2D eigenvalue weighted by Gasteiger charge is -2.34. The van der Waals surface area contributed by atoms with E-state index in [0.29, 0.717) is 6.54 Å². The summed E-state index contributed by atoms with van der Waals surface area (Å²) < 4.78 is 26.8. The van der Waals surface area contributed by atoms with E-state index < -0.39 is 10.0 Å². The van der Waals surface area contributed by atoms with Gasteiger partial charge < -0.3 is 5.73 Å². The van der Waals surface area contributed by atoms with Gasteiger partial charge >= 0.3 is 0 Å². The van der Waals surface area contributed by atoms with E-state index in [1.54, 1.807) is 4.31 Å². The van der Waals surface area contributed by atoms with Gasteiger partial charge in [-0.25, -0.2) is 8.42 Å². The van der Waals surface area contributed by atoms with Gasteiger partial charge in [-0.15, -0.1) is 0 Å². The standard InChI is InChI=1S/C12H19N3O2S/c1-2-10-5-3-4-8-15(10)18(16,17)12-9-14-7-6-11(12)13/h6-7,9-10H,2-5,8H2,1H3,(H2,13,14). The SMILES string of the molecule is CCC1CCCCN1S(=O)(=O)c1cnccc1N. The summed E-state index contributed by atoms with van der Waals surface area (Å²) in [7, 11) is -3.51. The smallest absolute Gasteiger partial charge is 0.246 e. The number of anilines is 1. The Hall–Kier alpha value is -1.14. The molecular weight excluding hydrogens is 250 g/mol. The quantitative estimate of drug-likeness (QED) is 0.904. The third kappa shape index (κ3) is 2.35. The summed E-state index contributed by atoms with van der Waals surface area (Å²) in [5.74, 6) is 0. The second-order valence-electron chi connectivity index (χ2n) is 4.59. The number of nitrogen functional groups attached to an aromatic ring is 1. The van der Waals surface area contributed by atoms with Crippen molar-refractivity contribution in [3.63, 3.8) is 0 Å². The Kier molecular flexibility index (Phi) is 3.87. The number of aromatic nitrogens is 1. The Balaban J connectivity index is 2.39. The number of piperidine rings is 1. The van der Waals surface area contributed by atoms with Crippen LogP contribution in [-0.4, -0.2) is 30.3 Å². The molecule has 1 unspecified atom stereocenters. The maximum absolute atomic E-state index is 12.6. The molecule has 1 fully saturated rings. The summed E-state index contributed by atoms with van der Waals surface area (Å²) in [6, 6.07) is 1.61. The molecule has 1 aliphatic rings. The summed E-state index contributed by atoms with van der Waals surface area (Å²) in [5.41, 5.74) is 6.02. The first-order valence-corrected chi connectivity index (χ1v) is 7.72. The summed E-state index contributed by atoms with van der Waals surface area (Å²) in [6.45, 7) is 2.60. The highest BCUT2D eigenvalue weighted by Gasteiger charge is 2.33. The van der Waals surface area contributed by atoms with Gasteiger partial charge in [0.1, 0.15) is 4.90 Å². The van der Waals surface area contributed by atoms with Gasteiger partial charge in [0.25, 0.3) is 0 Å². The van der Waals surface area contributed by atoms with Crippen molar-refractivity contribution in [2.24, 2.45) is 0 Å². The molecule has 2 N–H and O–H groups in total. The van der Waals surface area contributed by atoms with Crippen molar-refractivity contribution < 1.29 is 8.42 Å². The number of rotatable bonds is 3. The predicted molar refractivity (Wildman–Crippen MR) is 70.5 cm³/mol. The third-order valence-electron chi connectivity index (χ3n) is 3.45. The molecule has 1 aliphatic heterocycles. The molecule has 100 valence electrons. The molecule has 0 bridgehead atoms. The Morgan fingerprint density at radius 2 is 2.28 bits per heavy atom. The molecule has 0 saturated carbocycles. The van der Waals surface area contributed by atoms with Crippen LogP contribution < -0.4 is 5.73 Å². The van der Waals surface area contributed by atoms with Crippen molar-refractivity contribution in [2.45, 2.75) is 43.5 Å². The zero-order valence-corrected chi connectivity index (χ0v) is 11.4. The van der Waals surface area contributed by atoms with Crippen LogP contribution in [0.4, 0.5) is 5.69 Å². The molecule has 0 aliphatic carbocycles. The summed E-state index contributed by atoms with van der Waals surface area (Å²) in [5, 5.41) is 0. The van der Waals surface area contributed by atoms with Crippen LogP contribution in [0.5, 0.6) is 0 Å². The van der Waals surface area contributed by atoms with Gasteiger partial charge in [0.15, 0.2) is 0 Å². The van der Waals surface area contributed by atoms with Crippen LogP contribution >= 0.6 is 0 Å². The minimum Gasteiger partial charge on any atom is -0.398 e. The first-order valence-electron chi connectivity index (χ1n) is 6.28. The largest absolute Gasteiger partial charge is 0.398 e. The highest BCUT2D eigenvalue weighted by molar-refractivity contribution is 7.89. The minimum absolute atomic E-state index is 0.0864. The highest BCUT2D eigenvalue weighted by Crippen LogP contribution is 2.28. The van der Waals surface area contributed by atoms with Crippen molar-refractivity contribution in [3.8, 4) is 0 Å². The second kappa shape index (κ2) is 5.24. The Morgan fingerprint density at radius 1 is 1.50 bits per heavy atom. The lowest BCUT2D eigenvalue weighted by atomic mass is 10.0. The number of pyridine rings is 1. The van der Waals surface area contributed by atoms with Crippen LogP contribution in [0, 0.1) is 0 Å². The van der Waals surface area contributed by atoms with Gasteiger partial charge in [0, 0.05) is 25.0 Å². The van der Waals surface area contributed by atoms with Gasteiger partial charge in [-0.05, 0) is 25.3 Å². The number of sulfonamides is 1. The number of hydrogen-bond acceptors (Lipinski definition) is 4. The third-order valence-corrected chi connectivity index (χ3v) is 5.44. The summed E-state index contributed by atoms with van der Waals surface area (Å²) in [4.78, 5) is 4.00. The van der Waals surface area contributed by atoms with Gasteiger partial charge in [-0.2, -0.15) is 4.31 Å².